The molecule has 0 spiro atoms. The lowest BCUT2D eigenvalue weighted by Crippen LogP contribution is -2.32. The topological polar surface area (TPSA) is 75.1 Å². The van der Waals surface area contributed by atoms with Crippen LogP contribution in [0, 0.1) is 5.82 Å². The average Bonchev–Trinajstić information content (AvgIpc) is 2.41. The van der Waals surface area contributed by atoms with Crippen molar-refractivity contribution >= 4 is 0 Å². The lowest BCUT2D eigenvalue weighted by atomic mass is 10.1. The zero-order valence-corrected chi connectivity index (χ0v) is 10.1. The van der Waals surface area contributed by atoms with Crippen LogP contribution in [0.5, 0.6) is 5.88 Å². The third-order valence-corrected chi connectivity index (χ3v) is 2.81. The molecule has 0 aliphatic heterocycles. The maximum atomic E-state index is 13.2. The fourth-order valence-electron chi connectivity index (χ4n) is 1.83. The summed E-state index contributed by atoms with van der Waals surface area (Å²) >= 11 is 0. The molecule has 0 saturated carbocycles. The average molecular weight is 264 g/mol. The van der Waals surface area contributed by atoms with Crippen LogP contribution in [0.15, 0.2) is 39.9 Å². The summed E-state index contributed by atoms with van der Waals surface area (Å²) in [5, 5.41) is 9.42. The number of hydrogen-bond donors (Lipinski definition) is 2. The minimum atomic E-state index is -1.33. The fraction of sp³-hybridized carbons (Fsp3) is 0.231. The molecule has 0 aliphatic carbocycles. The molecule has 0 aliphatic rings. The van der Waals surface area contributed by atoms with Crippen molar-refractivity contribution in [1.29, 1.82) is 0 Å². The van der Waals surface area contributed by atoms with E-state index in [0.29, 0.717) is 12.8 Å². The molecule has 0 bridgehead atoms. The fourth-order valence-corrected chi connectivity index (χ4v) is 1.83. The predicted molar refractivity (Wildman–Crippen MR) is 67.7 cm³/mol. The van der Waals surface area contributed by atoms with E-state index in [2.05, 4.69) is 0 Å². The number of hydrogen-bond acceptors (Lipinski definition) is 3. The second-order valence-corrected chi connectivity index (χ2v) is 4.14. The highest BCUT2D eigenvalue weighted by molar-refractivity contribution is 5.15. The van der Waals surface area contributed by atoms with Crippen LogP contribution in [0.2, 0.25) is 0 Å². The van der Waals surface area contributed by atoms with Gasteiger partial charge in [0.05, 0.1) is 0 Å². The number of benzene rings is 1. The van der Waals surface area contributed by atoms with Crippen LogP contribution in [0.25, 0.3) is 0 Å². The Morgan fingerprint density at radius 3 is 2.58 bits per heavy atom. The lowest BCUT2D eigenvalue weighted by Gasteiger charge is -2.07. The molecule has 0 unspecified atom stereocenters. The second-order valence-electron chi connectivity index (χ2n) is 4.14. The number of H-pyrrole nitrogens is 1. The van der Waals surface area contributed by atoms with Crippen molar-refractivity contribution in [3.63, 3.8) is 0 Å². The number of aromatic amines is 1. The Hall–Kier alpha value is -2.37. The Kier molecular flexibility index (Phi) is 3.79. The molecule has 19 heavy (non-hydrogen) atoms. The molecule has 0 radical (unpaired) electrons. The van der Waals surface area contributed by atoms with Gasteiger partial charge in [0.2, 0.25) is 11.7 Å². The van der Waals surface area contributed by atoms with Gasteiger partial charge < -0.3 is 5.11 Å². The molecule has 2 N–H and O–H groups in total. The summed E-state index contributed by atoms with van der Waals surface area (Å²) in [4.78, 5) is 24.2. The van der Waals surface area contributed by atoms with Crippen molar-refractivity contribution in [3.05, 3.63) is 62.6 Å². The van der Waals surface area contributed by atoms with Gasteiger partial charge >= 0.3 is 5.69 Å². The lowest BCUT2D eigenvalue weighted by molar-refractivity contribution is 0.357. The third kappa shape index (κ3) is 2.90. The molecular weight excluding hydrogens is 251 g/mol. The van der Waals surface area contributed by atoms with Crippen molar-refractivity contribution < 1.29 is 9.50 Å². The van der Waals surface area contributed by atoms with Crippen LogP contribution >= 0.6 is 0 Å². The second kappa shape index (κ2) is 5.51. The van der Waals surface area contributed by atoms with Gasteiger partial charge in [-0.2, -0.15) is 4.39 Å². The van der Waals surface area contributed by atoms with E-state index in [1.165, 1.54) is 0 Å². The van der Waals surface area contributed by atoms with Crippen LogP contribution in [0.4, 0.5) is 4.39 Å². The van der Waals surface area contributed by atoms with Crippen molar-refractivity contribution in [3.8, 4) is 5.88 Å². The van der Waals surface area contributed by atoms with Crippen LogP contribution in [-0.2, 0) is 13.0 Å². The molecule has 0 atom stereocenters. The molecule has 0 saturated heterocycles. The number of nitrogens with zero attached hydrogens (tertiary/aromatic N) is 1. The number of rotatable bonds is 4. The quantitative estimate of drug-likeness (QED) is 0.865. The predicted octanol–water partition coefficient (Wildman–Crippen LogP) is 1.01. The van der Waals surface area contributed by atoms with Gasteiger partial charge in [-0.1, -0.05) is 30.3 Å². The summed E-state index contributed by atoms with van der Waals surface area (Å²) in [6, 6.07) is 9.58. The van der Waals surface area contributed by atoms with Crippen molar-refractivity contribution in [2.75, 3.05) is 0 Å². The van der Waals surface area contributed by atoms with Gasteiger partial charge in [0.1, 0.15) is 0 Å². The minimum absolute atomic E-state index is 0.132. The monoisotopic (exact) mass is 264 g/mol. The first kappa shape index (κ1) is 13.1. The third-order valence-electron chi connectivity index (χ3n) is 2.81. The van der Waals surface area contributed by atoms with Gasteiger partial charge in [-0.25, -0.2) is 4.79 Å². The van der Waals surface area contributed by atoms with Crippen molar-refractivity contribution in [2.45, 2.75) is 19.4 Å². The highest BCUT2D eigenvalue weighted by Crippen LogP contribution is 2.09. The van der Waals surface area contributed by atoms with E-state index in [9.17, 15) is 19.1 Å². The molecule has 5 nitrogen and oxygen atoms in total. The van der Waals surface area contributed by atoms with E-state index < -0.39 is 22.9 Å². The highest BCUT2D eigenvalue weighted by Gasteiger charge is 2.12. The summed E-state index contributed by atoms with van der Waals surface area (Å²) in [7, 11) is 0. The van der Waals surface area contributed by atoms with E-state index in [1.54, 1.807) is 0 Å². The van der Waals surface area contributed by atoms with E-state index in [-0.39, 0.29) is 6.54 Å². The molecule has 2 rings (SSSR count). The van der Waals surface area contributed by atoms with E-state index >= 15 is 0 Å². The Bertz CT molecular complexity index is 677. The summed E-state index contributed by atoms with van der Waals surface area (Å²) in [6.45, 7) is 0.132. The first-order chi connectivity index (χ1) is 9.09. The SMILES string of the molecule is O=c1[nH]c(=O)n(CCCc2ccccc2)c(O)c1F. The molecule has 1 aromatic heterocycles. The Morgan fingerprint density at radius 1 is 1.21 bits per heavy atom. The number of aromatic hydroxyl groups is 1. The summed E-state index contributed by atoms with van der Waals surface area (Å²) in [5.74, 6) is -2.25. The summed E-state index contributed by atoms with van der Waals surface area (Å²) in [6.07, 6.45) is 1.23. The zero-order chi connectivity index (χ0) is 13.8. The highest BCUT2D eigenvalue weighted by atomic mass is 19.1. The number of halogens is 1. The van der Waals surface area contributed by atoms with Gasteiger partial charge in [0, 0.05) is 6.54 Å². The number of aryl methyl sites for hydroxylation is 1. The van der Waals surface area contributed by atoms with Gasteiger partial charge in [0.25, 0.3) is 5.56 Å². The van der Waals surface area contributed by atoms with Gasteiger partial charge in [-0.3, -0.25) is 14.3 Å². The van der Waals surface area contributed by atoms with Gasteiger partial charge in [-0.05, 0) is 18.4 Å². The smallest absolute Gasteiger partial charge is 0.331 e. The first-order valence-electron chi connectivity index (χ1n) is 5.85. The molecule has 6 heteroatoms. The molecular formula is C13H13FN2O3. The van der Waals surface area contributed by atoms with Crippen LogP contribution in [0.3, 0.4) is 0 Å². The van der Waals surface area contributed by atoms with Crippen LogP contribution in [-0.4, -0.2) is 14.7 Å². The largest absolute Gasteiger partial charge is 0.492 e. The Labute approximate surface area is 108 Å². The van der Waals surface area contributed by atoms with Crippen molar-refractivity contribution in [2.24, 2.45) is 0 Å². The van der Waals surface area contributed by atoms with Gasteiger partial charge in [0.15, 0.2) is 0 Å². The number of nitrogens with one attached hydrogen (secondary N) is 1. The standard InChI is InChI=1S/C13H13FN2O3/c14-10-11(17)15-13(19)16(12(10)18)8-4-7-9-5-2-1-3-6-9/h1-3,5-6,18H,4,7-8H2,(H,15,17,19). The van der Waals surface area contributed by atoms with Crippen molar-refractivity contribution in [1.82, 2.24) is 9.55 Å². The van der Waals surface area contributed by atoms with E-state index in [1.807, 2.05) is 35.3 Å². The van der Waals surface area contributed by atoms with E-state index in [0.717, 1.165) is 10.1 Å². The molecule has 1 heterocycles. The molecule has 0 amide bonds. The molecule has 0 fully saturated rings. The summed E-state index contributed by atoms with van der Waals surface area (Å²) in [5.41, 5.74) is -0.932. The molecule has 1 aromatic carbocycles. The minimum Gasteiger partial charge on any atom is -0.492 e. The molecule has 2 aromatic rings. The van der Waals surface area contributed by atoms with Crippen LogP contribution < -0.4 is 11.2 Å². The molecule has 100 valence electrons. The first-order valence-corrected chi connectivity index (χ1v) is 5.85. The number of aromatic nitrogens is 2. The van der Waals surface area contributed by atoms with E-state index in [4.69, 9.17) is 0 Å². The summed E-state index contributed by atoms with van der Waals surface area (Å²) < 4.78 is 14.0. The Balaban J connectivity index is 2.11. The van der Waals surface area contributed by atoms with Gasteiger partial charge in [-0.15, -0.1) is 0 Å². The zero-order valence-electron chi connectivity index (χ0n) is 10.1. The normalized spacial score (nSPS) is 10.6. The Morgan fingerprint density at radius 2 is 1.89 bits per heavy atom. The maximum Gasteiger partial charge on any atom is 0.331 e. The maximum absolute atomic E-state index is 13.2. The van der Waals surface area contributed by atoms with Crippen LogP contribution in [0.1, 0.15) is 12.0 Å².